The smallest absolute Gasteiger partial charge is 0.255 e. The van der Waals surface area contributed by atoms with Crippen molar-refractivity contribution in [3.05, 3.63) is 30.2 Å². The highest BCUT2D eigenvalue weighted by molar-refractivity contribution is 5.75. The molecule has 0 fully saturated rings. The predicted octanol–water partition coefficient (Wildman–Crippen LogP) is 1.55. The zero-order valence-corrected chi connectivity index (χ0v) is 10.6. The van der Waals surface area contributed by atoms with Gasteiger partial charge in [0.2, 0.25) is 11.7 Å². The lowest BCUT2D eigenvalue weighted by molar-refractivity contribution is -0.119. The van der Waals surface area contributed by atoms with Crippen LogP contribution in [0, 0.1) is 0 Å². The molecule has 6 heteroatoms. The molecule has 1 heterocycles. The van der Waals surface area contributed by atoms with Crippen LogP contribution in [0.15, 0.2) is 28.8 Å². The second kappa shape index (κ2) is 5.99. The summed E-state index contributed by atoms with van der Waals surface area (Å²) in [6, 6.07) is 7.07. The number of carbonyl (C=O) groups excluding carboxylic acids is 1. The summed E-state index contributed by atoms with van der Waals surface area (Å²) in [5.41, 5.74) is 5.83. The lowest BCUT2D eigenvalue weighted by Crippen LogP contribution is -2.19. The number of nitrogens with zero attached hydrogens (tertiary/aromatic N) is 2. The molecule has 2 rings (SSSR count). The first-order chi connectivity index (χ1) is 9.19. The summed E-state index contributed by atoms with van der Waals surface area (Å²) < 4.78 is 10.3. The molecule has 0 atom stereocenters. The Balaban J connectivity index is 2.06. The first kappa shape index (κ1) is 13.1. The van der Waals surface area contributed by atoms with Gasteiger partial charge in [-0.15, -0.1) is 0 Å². The van der Waals surface area contributed by atoms with Crippen LogP contribution in [-0.4, -0.2) is 22.7 Å². The molecular weight excluding hydrogens is 246 g/mol. The minimum atomic E-state index is -0.508. The molecule has 0 aliphatic heterocycles. The van der Waals surface area contributed by atoms with Crippen LogP contribution >= 0.6 is 0 Å². The summed E-state index contributed by atoms with van der Waals surface area (Å²) in [7, 11) is 0. The Hall–Kier alpha value is -2.37. The third-order valence-corrected chi connectivity index (χ3v) is 2.43. The number of benzene rings is 1. The van der Waals surface area contributed by atoms with Crippen molar-refractivity contribution >= 4 is 5.91 Å². The number of primary amides is 1. The van der Waals surface area contributed by atoms with E-state index in [9.17, 15) is 4.79 Å². The molecule has 0 saturated heterocycles. The maximum atomic E-state index is 10.6. The van der Waals surface area contributed by atoms with E-state index in [0.29, 0.717) is 17.5 Å². The van der Waals surface area contributed by atoms with Gasteiger partial charge in [-0.2, -0.15) is 4.98 Å². The first-order valence-corrected chi connectivity index (χ1v) is 6.03. The number of aryl methyl sites for hydroxylation is 1. The van der Waals surface area contributed by atoms with Crippen LogP contribution in [0.2, 0.25) is 0 Å². The van der Waals surface area contributed by atoms with E-state index in [-0.39, 0.29) is 6.61 Å². The molecule has 1 aromatic heterocycles. The third-order valence-electron chi connectivity index (χ3n) is 2.43. The van der Waals surface area contributed by atoms with Crippen molar-refractivity contribution in [3.63, 3.8) is 0 Å². The quantitative estimate of drug-likeness (QED) is 0.851. The van der Waals surface area contributed by atoms with Gasteiger partial charge in [0, 0.05) is 12.0 Å². The molecule has 0 aliphatic carbocycles. The highest BCUT2D eigenvalue weighted by Crippen LogP contribution is 2.20. The molecule has 2 aromatic rings. The zero-order chi connectivity index (χ0) is 13.7. The standard InChI is InChI=1S/C13H15N3O3/c1-2-3-12-15-13(16-19-12)9-4-6-10(7-5-9)18-8-11(14)17/h4-7H,2-3,8H2,1H3,(H2,14,17). The van der Waals surface area contributed by atoms with Crippen molar-refractivity contribution in [2.75, 3.05) is 6.61 Å². The Morgan fingerprint density at radius 2 is 2.11 bits per heavy atom. The maximum Gasteiger partial charge on any atom is 0.255 e. The minimum absolute atomic E-state index is 0.137. The predicted molar refractivity (Wildman–Crippen MR) is 68.4 cm³/mol. The first-order valence-electron chi connectivity index (χ1n) is 6.03. The summed E-state index contributed by atoms with van der Waals surface area (Å²) in [6.45, 7) is 1.91. The van der Waals surface area contributed by atoms with E-state index in [1.807, 2.05) is 0 Å². The second-order valence-electron chi connectivity index (χ2n) is 4.04. The number of amides is 1. The monoisotopic (exact) mass is 261 g/mol. The zero-order valence-electron chi connectivity index (χ0n) is 10.6. The molecule has 0 unspecified atom stereocenters. The molecule has 2 N–H and O–H groups in total. The van der Waals surface area contributed by atoms with Gasteiger partial charge in [-0.3, -0.25) is 4.79 Å². The van der Waals surface area contributed by atoms with E-state index in [1.165, 1.54) is 0 Å². The summed E-state index contributed by atoms with van der Waals surface area (Å²) in [5.74, 6) is 1.24. The molecule has 1 aromatic carbocycles. The SMILES string of the molecule is CCCc1nc(-c2ccc(OCC(N)=O)cc2)no1. The van der Waals surface area contributed by atoms with Crippen LogP contribution < -0.4 is 10.5 Å². The second-order valence-corrected chi connectivity index (χ2v) is 4.04. The van der Waals surface area contributed by atoms with Gasteiger partial charge in [-0.05, 0) is 30.7 Å². The average Bonchev–Trinajstić information content (AvgIpc) is 2.86. The van der Waals surface area contributed by atoms with E-state index in [0.717, 1.165) is 18.4 Å². The summed E-state index contributed by atoms with van der Waals surface area (Å²) in [6.07, 6.45) is 1.73. The fourth-order valence-corrected chi connectivity index (χ4v) is 1.54. The minimum Gasteiger partial charge on any atom is -0.484 e. The Bertz CT molecular complexity index is 549. The molecule has 0 spiro atoms. The fraction of sp³-hybridized carbons (Fsp3) is 0.308. The van der Waals surface area contributed by atoms with Gasteiger partial charge in [-0.25, -0.2) is 0 Å². The Labute approximate surface area is 110 Å². The highest BCUT2D eigenvalue weighted by atomic mass is 16.5. The van der Waals surface area contributed by atoms with Crippen molar-refractivity contribution in [2.45, 2.75) is 19.8 Å². The molecule has 0 saturated carbocycles. The lowest BCUT2D eigenvalue weighted by Gasteiger charge is -2.03. The fourth-order valence-electron chi connectivity index (χ4n) is 1.54. The van der Waals surface area contributed by atoms with Crippen molar-refractivity contribution in [1.82, 2.24) is 10.1 Å². The summed E-state index contributed by atoms with van der Waals surface area (Å²) in [5, 5.41) is 3.91. The van der Waals surface area contributed by atoms with Crippen LogP contribution in [0.25, 0.3) is 11.4 Å². The largest absolute Gasteiger partial charge is 0.484 e. The van der Waals surface area contributed by atoms with Crippen LogP contribution in [0.4, 0.5) is 0 Å². The number of carbonyl (C=O) groups is 1. The summed E-state index contributed by atoms with van der Waals surface area (Å²) >= 11 is 0. The van der Waals surface area contributed by atoms with Crippen molar-refractivity contribution in [2.24, 2.45) is 5.73 Å². The van der Waals surface area contributed by atoms with E-state index in [2.05, 4.69) is 17.1 Å². The highest BCUT2D eigenvalue weighted by Gasteiger charge is 2.08. The van der Waals surface area contributed by atoms with Crippen molar-refractivity contribution in [1.29, 1.82) is 0 Å². The van der Waals surface area contributed by atoms with E-state index in [1.54, 1.807) is 24.3 Å². The van der Waals surface area contributed by atoms with E-state index < -0.39 is 5.91 Å². The number of aromatic nitrogens is 2. The number of nitrogens with two attached hydrogens (primary N) is 1. The number of hydrogen-bond acceptors (Lipinski definition) is 5. The molecule has 0 radical (unpaired) electrons. The third kappa shape index (κ3) is 3.54. The van der Waals surface area contributed by atoms with E-state index in [4.69, 9.17) is 15.0 Å². The van der Waals surface area contributed by atoms with Gasteiger partial charge in [0.15, 0.2) is 6.61 Å². The Kier molecular flexibility index (Phi) is 4.12. The van der Waals surface area contributed by atoms with Crippen LogP contribution in [0.5, 0.6) is 5.75 Å². The Morgan fingerprint density at radius 3 is 2.74 bits per heavy atom. The van der Waals surface area contributed by atoms with Gasteiger partial charge in [0.25, 0.3) is 5.91 Å². The molecular formula is C13H15N3O3. The molecule has 0 bridgehead atoms. The lowest BCUT2D eigenvalue weighted by atomic mass is 10.2. The van der Waals surface area contributed by atoms with Crippen molar-refractivity contribution in [3.8, 4) is 17.1 Å². The molecule has 100 valence electrons. The van der Waals surface area contributed by atoms with Gasteiger partial charge in [0.1, 0.15) is 5.75 Å². The van der Waals surface area contributed by atoms with Gasteiger partial charge in [0.05, 0.1) is 0 Å². The summed E-state index contributed by atoms with van der Waals surface area (Å²) in [4.78, 5) is 14.9. The van der Waals surface area contributed by atoms with Gasteiger partial charge < -0.3 is 15.0 Å². The number of ether oxygens (including phenoxy) is 1. The molecule has 1 amide bonds. The molecule has 0 aliphatic rings. The van der Waals surface area contributed by atoms with Crippen LogP contribution in [0.3, 0.4) is 0 Å². The van der Waals surface area contributed by atoms with Crippen molar-refractivity contribution < 1.29 is 14.1 Å². The van der Waals surface area contributed by atoms with Gasteiger partial charge in [-0.1, -0.05) is 12.1 Å². The Morgan fingerprint density at radius 1 is 1.37 bits per heavy atom. The number of rotatable bonds is 6. The van der Waals surface area contributed by atoms with Crippen LogP contribution in [0.1, 0.15) is 19.2 Å². The molecule has 19 heavy (non-hydrogen) atoms. The number of hydrogen-bond donors (Lipinski definition) is 1. The maximum absolute atomic E-state index is 10.6. The van der Waals surface area contributed by atoms with E-state index >= 15 is 0 Å². The average molecular weight is 261 g/mol. The normalized spacial score (nSPS) is 10.4. The van der Waals surface area contributed by atoms with Crippen LogP contribution in [-0.2, 0) is 11.2 Å². The van der Waals surface area contributed by atoms with Gasteiger partial charge >= 0.3 is 0 Å². The topological polar surface area (TPSA) is 91.2 Å². The molecule has 6 nitrogen and oxygen atoms in total.